The van der Waals surface area contributed by atoms with Crippen LogP contribution in [-0.4, -0.2) is 38.7 Å². The molecule has 0 spiro atoms. The number of carbonyl (C=O) groups is 1. The largest absolute Gasteiger partial charge is 0.368 e. The summed E-state index contributed by atoms with van der Waals surface area (Å²) in [6.45, 7) is 6.82. The van der Waals surface area contributed by atoms with Gasteiger partial charge < -0.3 is 10.6 Å². The zero-order chi connectivity index (χ0) is 19.9. The van der Waals surface area contributed by atoms with Crippen molar-refractivity contribution in [1.29, 1.82) is 0 Å². The lowest BCUT2D eigenvalue weighted by atomic mass is 10.2. The normalized spacial score (nSPS) is 11.0. The van der Waals surface area contributed by atoms with Crippen molar-refractivity contribution in [2.45, 2.75) is 20.8 Å². The lowest BCUT2D eigenvalue weighted by Crippen LogP contribution is -2.27. The molecule has 0 bridgehead atoms. The average Bonchev–Trinajstić information content (AvgIpc) is 3.02. The number of carbonyl (C=O) groups excluding carboxylic acids is 1. The number of nitrogens with zero attached hydrogens (tertiary/aromatic N) is 4. The highest BCUT2D eigenvalue weighted by Gasteiger charge is 2.08. The molecule has 2 aromatic heterocycles. The number of amides is 1. The zero-order valence-corrected chi connectivity index (χ0v) is 16.3. The maximum absolute atomic E-state index is 11.9. The predicted molar refractivity (Wildman–Crippen MR) is 110 cm³/mol. The lowest BCUT2D eigenvalue weighted by molar-refractivity contribution is -0.116. The summed E-state index contributed by atoms with van der Waals surface area (Å²) >= 11 is 0. The Labute approximate surface area is 164 Å². The monoisotopic (exact) mass is 376 g/mol. The molecule has 1 amide bonds. The van der Waals surface area contributed by atoms with Gasteiger partial charge in [0.25, 0.3) is 0 Å². The summed E-state index contributed by atoms with van der Waals surface area (Å²) < 4.78 is 1.80. The molecule has 2 N–H and O–H groups in total. The van der Waals surface area contributed by atoms with E-state index in [1.54, 1.807) is 10.8 Å². The van der Waals surface area contributed by atoms with E-state index in [4.69, 9.17) is 0 Å². The summed E-state index contributed by atoms with van der Waals surface area (Å²) in [5.74, 6) is 1.94. The van der Waals surface area contributed by atoms with Crippen LogP contribution in [-0.2, 0) is 4.79 Å². The van der Waals surface area contributed by atoms with Gasteiger partial charge in [0.15, 0.2) is 5.82 Å². The summed E-state index contributed by atoms with van der Waals surface area (Å²) in [7, 11) is 0. The van der Waals surface area contributed by atoms with E-state index in [-0.39, 0.29) is 5.91 Å². The van der Waals surface area contributed by atoms with Crippen LogP contribution in [0.4, 0.5) is 5.82 Å². The molecule has 1 aromatic carbocycles. The van der Waals surface area contributed by atoms with Gasteiger partial charge in [-0.25, -0.2) is 14.6 Å². The van der Waals surface area contributed by atoms with E-state index < -0.39 is 0 Å². The van der Waals surface area contributed by atoms with Crippen LogP contribution in [0.1, 0.15) is 22.8 Å². The van der Waals surface area contributed by atoms with Crippen LogP contribution in [0.2, 0.25) is 0 Å². The summed E-state index contributed by atoms with van der Waals surface area (Å²) in [4.78, 5) is 20.8. The fraction of sp³-hybridized carbons (Fsp3) is 0.238. The summed E-state index contributed by atoms with van der Waals surface area (Å²) in [6, 6.07) is 13.6. The van der Waals surface area contributed by atoms with Crippen molar-refractivity contribution in [2.75, 3.05) is 18.4 Å². The fourth-order valence-electron chi connectivity index (χ4n) is 2.78. The second-order valence-corrected chi connectivity index (χ2v) is 6.46. The minimum Gasteiger partial charge on any atom is -0.368 e. The van der Waals surface area contributed by atoms with Crippen LogP contribution in [0.25, 0.3) is 11.9 Å². The summed E-state index contributed by atoms with van der Waals surface area (Å²) in [5.41, 5.74) is 2.94. The van der Waals surface area contributed by atoms with Crippen LogP contribution < -0.4 is 10.6 Å². The molecule has 0 saturated heterocycles. The maximum atomic E-state index is 11.9. The minimum absolute atomic E-state index is 0.132. The molecule has 28 heavy (non-hydrogen) atoms. The van der Waals surface area contributed by atoms with Gasteiger partial charge in [0.2, 0.25) is 5.91 Å². The van der Waals surface area contributed by atoms with Crippen molar-refractivity contribution in [3.8, 4) is 5.82 Å². The van der Waals surface area contributed by atoms with E-state index in [0.717, 1.165) is 22.8 Å². The van der Waals surface area contributed by atoms with Crippen molar-refractivity contribution in [2.24, 2.45) is 0 Å². The molecule has 0 aliphatic heterocycles. The number of aromatic nitrogens is 4. The molecule has 7 heteroatoms. The Morgan fingerprint density at radius 3 is 2.57 bits per heavy atom. The lowest BCUT2D eigenvalue weighted by Gasteiger charge is -2.10. The van der Waals surface area contributed by atoms with Crippen LogP contribution in [0.15, 0.2) is 48.5 Å². The van der Waals surface area contributed by atoms with Crippen LogP contribution in [0, 0.1) is 20.8 Å². The number of benzene rings is 1. The highest BCUT2D eigenvalue weighted by Crippen LogP contribution is 2.13. The second kappa shape index (κ2) is 8.94. The Bertz CT molecular complexity index is 978. The molecular formula is C21H24N6O. The number of nitrogens with one attached hydrogen (secondary N) is 2. The average molecular weight is 376 g/mol. The van der Waals surface area contributed by atoms with Crippen molar-refractivity contribution < 1.29 is 4.79 Å². The third-order valence-electron chi connectivity index (χ3n) is 4.01. The molecular weight excluding hydrogens is 352 g/mol. The fourth-order valence-corrected chi connectivity index (χ4v) is 2.78. The third kappa shape index (κ3) is 5.26. The second-order valence-electron chi connectivity index (χ2n) is 6.46. The standard InChI is InChI=1S/C21H24N6O/c1-15-13-16(2)27(26-15)20-14-19(24-17(3)25-20)22-11-12-23-21(28)10-9-18-7-5-4-6-8-18/h4-10,13-14H,11-12H2,1-3H3,(H,23,28)(H,22,24,25). The highest BCUT2D eigenvalue weighted by atomic mass is 16.1. The minimum atomic E-state index is -0.132. The van der Waals surface area contributed by atoms with E-state index in [1.165, 1.54) is 6.08 Å². The van der Waals surface area contributed by atoms with Crippen molar-refractivity contribution >= 4 is 17.8 Å². The van der Waals surface area contributed by atoms with Crippen molar-refractivity contribution in [3.05, 3.63) is 71.3 Å². The van der Waals surface area contributed by atoms with Crippen LogP contribution >= 0.6 is 0 Å². The van der Waals surface area contributed by atoms with E-state index in [1.807, 2.05) is 63.2 Å². The zero-order valence-electron chi connectivity index (χ0n) is 16.3. The van der Waals surface area contributed by atoms with Gasteiger partial charge in [-0.3, -0.25) is 4.79 Å². The van der Waals surface area contributed by atoms with Gasteiger partial charge in [-0.1, -0.05) is 30.3 Å². The molecule has 3 rings (SSSR count). The summed E-state index contributed by atoms with van der Waals surface area (Å²) in [6.07, 6.45) is 3.32. The molecule has 0 atom stereocenters. The Morgan fingerprint density at radius 2 is 1.86 bits per heavy atom. The van der Waals surface area contributed by atoms with Crippen molar-refractivity contribution in [1.82, 2.24) is 25.1 Å². The van der Waals surface area contributed by atoms with Gasteiger partial charge in [-0.15, -0.1) is 0 Å². The van der Waals surface area contributed by atoms with Crippen molar-refractivity contribution in [3.63, 3.8) is 0 Å². The van der Waals surface area contributed by atoms with Gasteiger partial charge in [0.1, 0.15) is 11.6 Å². The highest BCUT2D eigenvalue weighted by molar-refractivity contribution is 5.91. The predicted octanol–water partition coefficient (Wildman–Crippen LogP) is 2.83. The first-order valence-corrected chi connectivity index (χ1v) is 9.15. The molecule has 0 unspecified atom stereocenters. The first kappa shape index (κ1) is 19.3. The first-order valence-electron chi connectivity index (χ1n) is 9.15. The molecule has 0 radical (unpaired) electrons. The molecule has 3 aromatic rings. The van der Waals surface area contributed by atoms with Gasteiger partial charge in [-0.05, 0) is 38.5 Å². The van der Waals surface area contributed by atoms with Gasteiger partial charge >= 0.3 is 0 Å². The molecule has 0 aliphatic rings. The Kier molecular flexibility index (Phi) is 6.16. The number of hydrogen-bond acceptors (Lipinski definition) is 5. The molecule has 2 heterocycles. The van der Waals surface area contributed by atoms with Gasteiger partial charge in [0.05, 0.1) is 5.69 Å². The maximum Gasteiger partial charge on any atom is 0.244 e. The number of rotatable bonds is 7. The van der Waals surface area contributed by atoms with Gasteiger partial charge in [0, 0.05) is 30.9 Å². The molecule has 0 fully saturated rings. The number of aryl methyl sites for hydroxylation is 3. The Morgan fingerprint density at radius 1 is 1.07 bits per heavy atom. The Balaban J connectivity index is 1.53. The molecule has 7 nitrogen and oxygen atoms in total. The van der Waals surface area contributed by atoms with E-state index >= 15 is 0 Å². The molecule has 144 valence electrons. The number of anilines is 1. The molecule has 0 aliphatic carbocycles. The Hall–Kier alpha value is -3.48. The van der Waals surface area contributed by atoms with E-state index in [0.29, 0.717) is 24.7 Å². The smallest absolute Gasteiger partial charge is 0.244 e. The molecule has 0 saturated carbocycles. The quantitative estimate of drug-likeness (QED) is 0.489. The number of hydrogen-bond donors (Lipinski definition) is 2. The van der Waals surface area contributed by atoms with E-state index in [9.17, 15) is 4.79 Å². The first-order chi connectivity index (χ1) is 13.5. The van der Waals surface area contributed by atoms with Crippen LogP contribution in [0.5, 0.6) is 0 Å². The van der Waals surface area contributed by atoms with Gasteiger partial charge in [-0.2, -0.15) is 5.10 Å². The topological polar surface area (TPSA) is 84.7 Å². The SMILES string of the molecule is Cc1cc(C)n(-c2cc(NCCNC(=O)C=Cc3ccccc3)nc(C)n2)n1. The third-order valence-corrected chi connectivity index (χ3v) is 4.01. The summed E-state index contributed by atoms with van der Waals surface area (Å²) in [5, 5.41) is 10.5. The van der Waals surface area contributed by atoms with E-state index in [2.05, 4.69) is 25.7 Å². The van der Waals surface area contributed by atoms with Crippen LogP contribution in [0.3, 0.4) is 0 Å².